The van der Waals surface area contributed by atoms with E-state index in [0.29, 0.717) is 0 Å². The Morgan fingerprint density at radius 3 is 0.837 bits per heavy atom. The van der Waals surface area contributed by atoms with Gasteiger partial charge < -0.3 is 0 Å². The second-order valence-corrected chi connectivity index (χ2v) is 25.7. The van der Waals surface area contributed by atoms with E-state index in [1.807, 2.05) is 0 Å². The number of hydrogen-bond acceptors (Lipinski definition) is 2. The van der Waals surface area contributed by atoms with Gasteiger partial charge in [-0.15, -0.1) is 0 Å². The zero-order chi connectivity index (χ0) is 32.0. The maximum absolute atomic E-state index is 8.16. The second-order valence-electron chi connectivity index (χ2n) is 14.3. The Hall–Kier alpha value is 0.0649. The number of hydrogen-bond donors (Lipinski definition) is 0. The Kier molecular flexibility index (Phi) is 20.8. The SMILES string of the molecule is CCCCP(CCCC)(CCCC)(CCCC)OB(OP(CCCC)(CCCC)(CCCC)CCCC)c1ccccc1. The first-order valence-corrected chi connectivity index (χ1v) is 25.0. The third kappa shape index (κ3) is 13.0. The van der Waals surface area contributed by atoms with E-state index in [-0.39, 0.29) is 7.12 Å². The molecule has 5 heteroatoms. The molecule has 0 bridgehead atoms. The summed E-state index contributed by atoms with van der Waals surface area (Å²) in [6.07, 6.45) is 30.7. The van der Waals surface area contributed by atoms with Gasteiger partial charge in [0.1, 0.15) is 0 Å². The molecule has 0 saturated heterocycles. The van der Waals surface area contributed by atoms with E-state index in [0.717, 1.165) is 0 Å². The fourth-order valence-corrected chi connectivity index (χ4v) is 21.5. The first-order chi connectivity index (χ1) is 20.8. The summed E-state index contributed by atoms with van der Waals surface area (Å²) < 4.78 is 16.3. The molecule has 0 radical (unpaired) electrons. The summed E-state index contributed by atoms with van der Waals surface area (Å²) in [5.41, 5.74) is 1.28. The van der Waals surface area contributed by atoms with Crippen LogP contribution in [0.1, 0.15) is 158 Å². The van der Waals surface area contributed by atoms with E-state index in [4.69, 9.17) is 8.88 Å². The fourth-order valence-electron chi connectivity index (χ4n) is 7.52. The standard InChI is InChI=1S/C38H77BO2P2/c1-9-17-30-42(31-18-10-2,32-19-11-3,33-20-12-4)40-39(38-28-26-25-27-29-38)41-43(34-21-13-5,35-22-14-6,36-23-15-7)37-24-16-8/h25-29H,9-24,30-37H2,1-8H3. The van der Waals surface area contributed by atoms with Crippen molar-refractivity contribution in [3.8, 4) is 0 Å². The molecule has 1 rings (SSSR count). The van der Waals surface area contributed by atoms with E-state index in [1.54, 1.807) is 0 Å². The molecular formula is C38H77BO2P2. The molecule has 2 nitrogen and oxygen atoms in total. The van der Waals surface area contributed by atoms with E-state index in [9.17, 15) is 0 Å². The number of rotatable bonds is 29. The van der Waals surface area contributed by atoms with Gasteiger partial charge in [-0.1, -0.05) is 0 Å². The molecular weight excluding hydrogens is 561 g/mol. The molecule has 1 aromatic carbocycles. The first kappa shape index (κ1) is 41.1. The van der Waals surface area contributed by atoms with Gasteiger partial charge in [-0.25, -0.2) is 0 Å². The number of unbranched alkanes of at least 4 members (excludes halogenated alkanes) is 8. The van der Waals surface area contributed by atoms with Crippen molar-refractivity contribution < 1.29 is 8.88 Å². The van der Waals surface area contributed by atoms with Crippen molar-refractivity contribution in [2.45, 2.75) is 158 Å². The molecule has 0 aliphatic heterocycles. The third-order valence-corrected chi connectivity index (χ3v) is 23.6. The van der Waals surface area contributed by atoms with Crippen molar-refractivity contribution in [1.82, 2.24) is 0 Å². The Balaban J connectivity index is 4.02. The van der Waals surface area contributed by atoms with Crippen LogP contribution in [0.3, 0.4) is 0 Å². The van der Waals surface area contributed by atoms with Crippen LogP contribution in [0.25, 0.3) is 0 Å². The second kappa shape index (κ2) is 21.8. The molecule has 1 aromatic rings. The summed E-state index contributed by atoms with van der Waals surface area (Å²) in [4.78, 5) is 0. The molecule has 0 N–H and O–H groups in total. The molecule has 0 aliphatic rings. The van der Waals surface area contributed by atoms with Crippen molar-refractivity contribution in [2.75, 3.05) is 49.3 Å². The minimum absolute atomic E-state index is 0.221. The van der Waals surface area contributed by atoms with Crippen molar-refractivity contribution in [3.63, 3.8) is 0 Å². The molecule has 0 amide bonds. The molecule has 0 fully saturated rings. The average molecular weight is 639 g/mol. The Bertz CT molecular complexity index is 682. The monoisotopic (exact) mass is 639 g/mol. The third-order valence-electron chi connectivity index (χ3n) is 10.5. The van der Waals surface area contributed by atoms with Crippen LogP contribution in [0.15, 0.2) is 30.3 Å². The summed E-state index contributed by atoms with van der Waals surface area (Å²) in [6, 6.07) is 11.3. The molecule has 0 aromatic heterocycles. The van der Waals surface area contributed by atoms with Gasteiger partial charge in [0.05, 0.1) is 0 Å². The number of benzene rings is 1. The van der Waals surface area contributed by atoms with Gasteiger partial charge in [0.15, 0.2) is 0 Å². The molecule has 0 heterocycles. The van der Waals surface area contributed by atoms with Crippen LogP contribution < -0.4 is 5.46 Å². The van der Waals surface area contributed by atoms with E-state index in [1.165, 1.54) is 157 Å². The molecule has 0 unspecified atom stereocenters. The summed E-state index contributed by atoms with van der Waals surface area (Å²) in [6.45, 7) is 14.0. The van der Waals surface area contributed by atoms with Crippen LogP contribution in [0, 0.1) is 0 Å². The Morgan fingerprint density at radius 1 is 0.395 bits per heavy atom. The van der Waals surface area contributed by atoms with Gasteiger partial charge in [-0.2, -0.15) is 0 Å². The molecule has 0 atom stereocenters. The van der Waals surface area contributed by atoms with Crippen LogP contribution in [-0.4, -0.2) is 56.4 Å². The van der Waals surface area contributed by atoms with E-state index in [2.05, 4.69) is 85.7 Å². The summed E-state index contributed by atoms with van der Waals surface area (Å²) in [5, 5.41) is 0. The van der Waals surface area contributed by atoms with Crippen LogP contribution >= 0.6 is 13.7 Å². The van der Waals surface area contributed by atoms with Crippen molar-refractivity contribution in [2.24, 2.45) is 0 Å². The quantitative estimate of drug-likeness (QED) is 0.0642. The molecule has 0 saturated carbocycles. The Morgan fingerprint density at radius 2 is 0.628 bits per heavy atom. The topological polar surface area (TPSA) is 18.5 Å². The van der Waals surface area contributed by atoms with Gasteiger partial charge in [0.25, 0.3) is 0 Å². The van der Waals surface area contributed by atoms with Crippen molar-refractivity contribution >= 4 is 26.2 Å². The normalized spacial score (nSPS) is 14.2. The maximum atomic E-state index is 8.16. The first-order valence-electron chi connectivity index (χ1n) is 19.2. The van der Waals surface area contributed by atoms with E-state index >= 15 is 0 Å². The van der Waals surface area contributed by atoms with Crippen LogP contribution in [0.2, 0.25) is 0 Å². The predicted molar refractivity (Wildman–Crippen MR) is 206 cm³/mol. The van der Waals surface area contributed by atoms with Gasteiger partial charge in [-0.3, -0.25) is 0 Å². The van der Waals surface area contributed by atoms with Crippen LogP contribution in [0.4, 0.5) is 0 Å². The summed E-state index contributed by atoms with van der Waals surface area (Å²) >= 11 is 0. The molecule has 0 aliphatic carbocycles. The van der Waals surface area contributed by atoms with Gasteiger partial charge in [-0.05, 0) is 0 Å². The fraction of sp³-hybridized carbons (Fsp3) is 0.842. The van der Waals surface area contributed by atoms with E-state index < -0.39 is 13.7 Å². The summed E-state index contributed by atoms with van der Waals surface area (Å²) in [7, 11) is -0.221. The Labute approximate surface area is 272 Å². The van der Waals surface area contributed by atoms with Gasteiger partial charge >= 0.3 is 273 Å². The minimum atomic E-state index is -2.55. The van der Waals surface area contributed by atoms with Crippen LogP contribution in [0.5, 0.6) is 0 Å². The van der Waals surface area contributed by atoms with Crippen molar-refractivity contribution in [1.29, 1.82) is 0 Å². The average Bonchev–Trinajstić information content (AvgIpc) is 3.05. The molecule has 0 spiro atoms. The molecule has 43 heavy (non-hydrogen) atoms. The van der Waals surface area contributed by atoms with Gasteiger partial charge in [0.2, 0.25) is 0 Å². The zero-order valence-electron chi connectivity index (χ0n) is 30.6. The van der Waals surface area contributed by atoms with Gasteiger partial charge in [0, 0.05) is 0 Å². The predicted octanol–water partition coefficient (Wildman–Crippen LogP) is 12.8. The van der Waals surface area contributed by atoms with Crippen molar-refractivity contribution in [3.05, 3.63) is 30.3 Å². The van der Waals surface area contributed by atoms with Crippen LogP contribution in [-0.2, 0) is 8.88 Å². The molecule has 254 valence electrons. The summed E-state index contributed by atoms with van der Waals surface area (Å²) in [5.74, 6) is 0. The zero-order valence-corrected chi connectivity index (χ0v) is 32.4.